The van der Waals surface area contributed by atoms with E-state index in [4.69, 9.17) is 0 Å². The fourth-order valence-corrected chi connectivity index (χ4v) is 2.10. The van der Waals surface area contributed by atoms with Gasteiger partial charge in [0, 0.05) is 12.6 Å². The number of halogens is 4. The number of aryl methyl sites for hydroxylation is 1. The number of nitrogens with one attached hydrogen (secondary N) is 1. The normalized spacial score (nSPS) is 13.4. The number of hydrogen-bond donors (Lipinski definition) is 1. The zero-order valence-corrected chi connectivity index (χ0v) is 12.3. The van der Waals surface area contributed by atoms with Crippen molar-refractivity contribution in [2.75, 3.05) is 19.8 Å². The molecule has 0 aromatic heterocycles. The van der Waals surface area contributed by atoms with Gasteiger partial charge in [0.05, 0.1) is 0 Å². The van der Waals surface area contributed by atoms with Crippen LogP contribution in [0.5, 0.6) is 0 Å². The van der Waals surface area contributed by atoms with Crippen LogP contribution in [0.1, 0.15) is 24.5 Å². The van der Waals surface area contributed by atoms with E-state index in [1.165, 1.54) is 12.1 Å². The molecule has 0 fully saturated rings. The predicted molar refractivity (Wildman–Crippen MR) is 73.8 cm³/mol. The molecule has 0 radical (unpaired) electrons. The Kier molecular flexibility index (Phi) is 7.11. The van der Waals surface area contributed by atoms with Crippen molar-refractivity contribution in [1.82, 2.24) is 5.32 Å². The molecule has 1 aromatic rings. The van der Waals surface area contributed by atoms with E-state index in [1.807, 2.05) is 13.8 Å². The Labute approximate surface area is 122 Å². The van der Waals surface area contributed by atoms with E-state index in [1.54, 1.807) is 6.07 Å². The Morgan fingerprint density at radius 3 is 2.62 bits per heavy atom. The van der Waals surface area contributed by atoms with E-state index in [0.717, 1.165) is 11.1 Å². The Hall–Kier alpha value is -1.14. The highest BCUT2D eigenvalue weighted by molar-refractivity contribution is 5.27. The van der Waals surface area contributed by atoms with E-state index >= 15 is 0 Å². The van der Waals surface area contributed by atoms with Crippen LogP contribution in [0.2, 0.25) is 0 Å². The van der Waals surface area contributed by atoms with Gasteiger partial charge < -0.3 is 10.1 Å². The molecular weight excluding hydrogens is 286 g/mol. The highest BCUT2D eigenvalue weighted by atomic mass is 19.4. The second-order valence-electron chi connectivity index (χ2n) is 4.99. The molecule has 1 N–H and O–H groups in total. The average molecular weight is 307 g/mol. The van der Waals surface area contributed by atoms with Crippen LogP contribution in [0.15, 0.2) is 18.2 Å². The number of benzene rings is 1. The molecule has 0 saturated heterocycles. The fourth-order valence-electron chi connectivity index (χ4n) is 2.10. The molecule has 0 saturated carbocycles. The molecule has 1 unspecified atom stereocenters. The van der Waals surface area contributed by atoms with Crippen molar-refractivity contribution in [2.45, 2.75) is 38.9 Å². The highest BCUT2D eigenvalue weighted by Gasteiger charge is 2.27. The lowest BCUT2D eigenvalue weighted by Crippen LogP contribution is -2.33. The summed E-state index contributed by atoms with van der Waals surface area (Å²) < 4.78 is 53.8. The quantitative estimate of drug-likeness (QED) is 0.585. The molecule has 2 nitrogen and oxygen atoms in total. The van der Waals surface area contributed by atoms with Gasteiger partial charge in [0.15, 0.2) is 0 Å². The second kappa shape index (κ2) is 8.34. The summed E-state index contributed by atoms with van der Waals surface area (Å²) in [6, 6.07) is 4.53. The minimum Gasteiger partial charge on any atom is -0.372 e. The lowest BCUT2D eigenvalue weighted by Gasteiger charge is -2.19. The van der Waals surface area contributed by atoms with Gasteiger partial charge in [-0.2, -0.15) is 13.2 Å². The van der Waals surface area contributed by atoms with E-state index in [0.29, 0.717) is 19.4 Å². The topological polar surface area (TPSA) is 21.3 Å². The number of ether oxygens (including phenoxy) is 1. The Bertz CT molecular complexity index is 434. The van der Waals surface area contributed by atoms with Crippen LogP contribution in [0.25, 0.3) is 0 Å². The van der Waals surface area contributed by atoms with Crippen molar-refractivity contribution in [3.8, 4) is 0 Å². The molecular formula is C15H21F4NO. The van der Waals surface area contributed by atoms with Crippen molar-refractivity contribution in [3.63, 3.8) is 0 Å². The largest absolute Gasteiger partial charge is 0.411 e. The van der Waals surface area contributed by atoms with Gasteiger partial charge in [-0.3, -0.25) is 0 Å². The molecule has 1 rings (SSSR count). The van der Waals surface area contributed by atoms with Crippen LogP contribution < -0.4 is 5.32 Å². The smallest absolute Gasteiger partial charge is 0.372 e. The van der Waals surface area contributed by atoms with Crippen LogP contribution >= 0.6 is 0 Å². The van der Waals surface area contributed by atoms with Gasteiger partial charge in [0.25, 0.3) is 0 Å². The summed E-state index contributed by atoms with van der Waals surface area (Å²) >= 11 is 0. The van der Waals surface area contributed by atoms with E-state index < -0.39 is 12.8 Å². The van der Waals surface area contributed by atoms with Gasteiger partial charge >= 0.3 is 6.18 Å². The second-order valence-corrected chi connectivity index (χ2v) is 4.99. The average Bonchev–Trinajstić information content (AvgIpc) is 2.38. The molecule has 0 amide bonds. The third-order valence-electron chi connectivity index (χ3n) is 3.15. The Morgan fingerprint density at radius 1 is 1.29 bits per heavy atom. The maximum atomic E-state index is 13.3. The molecule has 1 aromatic carbocycles. The molecule has 0 aliphatic carbocycles. The first-order chi connectivity index (χ1) is 9.81. The summed E-state index contributed by atoms with van der Waals surface area (Å²) in [5.74, 6) is -0.306. The highest BCUT2D eigenvalue weighted by Crippen LogP contribution is 2.16. The van der Waals surface area contributed by atoms with Crippen LogP contribution in [0.4, 0.5) is 17.6 Å². The minimum atomic E-state index is -4.30. The first kappa shape index (κ1) is 17.9. The molecule has 1 atom stereocenters. The fraction of sp³-hybridized carbons (Fsp3) is 0.600. The predicted octanol–water partition coefficient (Wildman–Crippen LogP) is 3.62. The van der Waals surface area contributed by atoms with Gasteiger partial charge in [0.2, 0.25) is 0 Å². The maximum Gasteiger partial charge on any atom is 0.411 e. The summed E-state index contributed by atoms with van der Waals surface area (Å²) in [6.45, 7) is 3.29. The number of alkyl halides is 3. The number of likely N-dealkylation sites (N-methyl/N-ethyl adjacent to an activating group) is 1. The van der Waals surface area contributed by atoms with Gasteiger partial charge in [-0.05, 0) is 49.6 Å². The Morgan fingerprint density at radius 2 is 2.00 bits per heavy atom. The van der Waals surface area contributed by atoms with Gasteiger partial charge in [-0.25, -0.2) is 4.39 Å². The number of rotatable bonds is 8. The lowest BCUT2D eigenvalue weighted by atomic mass is 9.99. The lowest BCUT2D eigenvalue weighted by molar-refractivity contribution is -0.174. The van der Waals surface area contributed by atoms with Crippen LogP contribution in [0.3, 0.4) is 0 Å². The summed E-state index contributed by atoms with van der Waals surface area (Å²) in [5.41, 5.74) is 1.83. The van der Waals surface area contributed by atoms with Crippen LogP contribution in [-0.2, 0) is 11.2 Å². The Balaban J connectivity index is 2.51. The standard InChI is InChI=1S/C15H21F4NO/c1-3-20-14(6-7-21-10-15(17,18)19)9-12-8-13(16)5-4-11(12)2/h4-5,8,14,20H,3,6-7,9-10H2,1-2H3. The molecule has 0 heterocycles. The van der Waals surface area contributed by atoms with Gasteiger partial charge in [-0.15, -0.1) is 0 Å². The summed E-state index contributed by atoms with van der Waals surface area (Å²) in [4.78, 5) is 0. The third kappa shape index (κ3) is 7.43. The zero-order valence-electron chi connectivity index (χ0n) is 12.3. The molecule has 21 heavy (non-hydrogen) atoms. The first-order valence-corrected chi connectivity index (χ1v) is 6.94. The van der Waals surface area contributed by atoms with Crippen molar-refractivity contribution < 1.29 is 22.3 Å². The zero-order chi connectivity index (χ0) is 15.9. The van der Waals surface area contributed by atoms with Crippen LogP contribution in [0, 0.1) is 12.7 Å². The molecule has 6 heteroatoms. The number of hydrogen-bond acceptors (Lipinski definition) is 2. The van der Waals surface area contributed by atoms with E-state index in [-0.39, 0.29) is 18.5 Å². The van der Waals surface area contributed by atoms with E-state index in [2.05, 4.69) is 10.1 Å². The molecule has 0 bridgehead atoms. The molecule has 0 spiro atoms. The van der Waals surface area contributed by atoms with E-state index in [9.17, 15) is 17.6 Å². The minimum absolute atomic E-state index is 0.0194. The van der Waals surface area contributed by atoms with Crippen molar-refractivity contribution in [1.29, 1.82) is 0 Å². The van der Waals surface area contributed by atoms with Gasteiger partial charge in [-0.1, -0.05) is 13.0 Å². The summed E-state index contributed by atoms with van der Waals surface area (Å²) in [7, 11) is 0. The summed E-state index contributed by atoms with van der Waals surface area (Å²) in [6.07, 6.45) is -3.29. The van der Waals surface area contributed by atoms with Crippen molar-refractivity contribution in [3.05, 3.63) is 35.1 Å². The monoisotopic (exact) mass is 307 g/mol. The molecule has 0 aliphatic rings. The molecule has 120 valence electrons. The first-order valence-electron chi connectivity index (χ1n) is 6.94. The summed E-state index contributed by atoms with van der Waals surface area (Å²) in [5, 5.41) is 3.19. The van der Waals surface area contributed by atoms with Gasteiger partial charge in [0.1, 0.15) is 12.4 Å². The third-order valence-corrected chi connectivity index (χ3v) is 3.15. The SMILES string of the molecule is CCNC(CCOCC(F)(F)F)Cc1cc(F)ccc1C. The van der Waals surface area contributed by atoms with Crippen LogP contribution in [-0.4, -0.2) is 32.0 Å². The van der Waals surface area contributed by atoms with Crippen molar-refractivity contribution >= 4 is 0 Å². The maximum absolute atomic E-state index is 13.3. The molecule has 0 aliphatic heterocycles. The van der Waals surface area contributed by atoms with Crippen molar-refractivity contribution in [2.24, 2.45) is 0 Å².